The number of anilines is 2. The van der Waals surface area contributed by atoms with E-state index < -0.39 is 10.8 Å². The highest BCUT2D eigenvalue weighted by molar-refractivity contribution is 6.06. The number of aryl methyl sites for hydroxylation is 1. The standard InChI is InChI=1S/C23H17N3O5/c1-14-12-17(24-22(27)15-6-9-18(10-7-15)26(29)30)8-11-19(14)25-23(28)21-13-16-4-2-3-5-20(16)31-21/h2-13H,1H3,(H,24,27)(H,25,28). The Morgan fingerprint density at radius 3 is 2.32 bits per heavy atom. The molecule has 0 unspecified atom stereocenters. The molecule has 2 N–H and O–H groups in total. The highest BCUT2D eigenvalue weighted by Crippen LogP contribution is 2.23. The third-order valence-electron chi connectivity index (χ3n) is 4.72. The van der Waals surface area contributed by atoms with E-state index in [-0.39, 0.29) is 17.4 Å². The van der Waals surface area contributed by atoms with Gasteiger partial charge in [0, 0.05) is 34.5 Å². The van der Waals surface area contributed by atoms with Gasteiger partial charge in [0.15, 0.2) is 5.76 Å². The second-order valence-corrected chi connectivity index (χ2v) is 6.89. The predicted octanol–water partition coefficient (Wildman–Crippen LogP) is 5.15. The van der Waals surface area contributed by atoms with Crippen LogP contribution in [0.1, 0.15) is 26.5 Å². The number of nitrogens with one attached hydrogen (secondary N) is 2. The first-order valence-corrected chi connectivity index (χ1v) is 9.37. The Kier molecular flexibility index (Phi) is 5.19. The number of non-ortho nitro benzene ring substituents is 1. The second kappa shape index (κ2) is 8.11. The molecule has 0 bridgehead atoms. The molecule has 0 spiro atoms. The van der Waals surface area contributed by atoms with E-state index in [0.29, 0.717) is 22.5 Å². The Labute approximate surface area is 176 Å². The van der Waals surface area contributed by atoms with Crippen LogP contribution < -0.4 is 10.6 Å². The molecule has 4 aromatic rings. The molecule has 0 aliphatic carbocycles. The highest BCUT2D eigenvalue weighted by atomic mass is 16.6. The van der Waals surface area contributed by atoms with Gasteiger partial charge in [0.25, 0.3) is 17.5 Å². The fourth-order valence-electron chi connectivity index (χ4n) is 3.10. The average molecular weight is 415 g/mol. The third-order valence-corrected chi connectivity index (χ3v) is 4.72. The van der Waals surface area contributed by atoms with Gasteiger partial charge in [0.2, 0.25) is 0 Å². The second-order valence-electron chi connectivity index (χ2n) is 6.89. The van der Waals surface area contributed by atoms with Crippen LogP contribution in [0.2, 0.25) is 0 Å². The van der Waals surface area contributed by atoms with Crippen molar-refractivity contribution in [3.8, 4) is 0 Å². The van der Waals surface area contributed by atoms with Gasteiger partial charge in [-0.25, -0.2) is 0 Å². The predicted molar refractivity (Wildman–Crippen MR) is 116 cm³/mol. The summed E-state index contributed by atoms with van der Waals surface area (Å²) in [5.74, 6) is -0.563. The number of benzene rings is 3. The molecule has 2 amide bonds. The maximum Gasteiger partial charge on any atom is 0.291 e. The minimum atomic E-state index is -0.524. The lowest BCUT2D eigenvalue weighted by molar-refractivity contribution is -0.384. The number of hydrogen-bond acceptors (Lipinski definition) is 5. The van der Waals surface area contributed by atoms with Gasteiger partial charge >= 0.3 is 0 Å². The molecule has 0 saturated heterocycles. The van der Waals surface area contributed by atoms with Gasteiger partial charge in [-0.05, 0) is 55.0 Å². The molecule has 3 aromatic carbocycles. The summed E-state index contributed by atoms with van der Waals surface area (Å²) in [5.41, 5.74) is 2.70. The van der Waals surface area contributed by atoms with Crippen molar-refractivity contribution in [3.05, 3.63) is 99.8 Å². The molecular formula is C23H17N3O5. The van der Waals surface area contributed by atoms with Crippen LogP contribution in [0.3, 0.4) is 0 Å². The molecule has 0 radical (unpaired) electrons. The summed E-state index contributed by atoms with van der Waals surface area (Å²) < 4.78 is 5.58. The van der Waals surface area contributed by atoms with Crippen LogP contribution in [0.4, 0.5) is 17.1 Å². The lowest BCUT2D eigenvalue weighted by atomic mass is 10.1. The molecule has 31 heavy (non-hydrogen) atoms. The van der Waals surface area contributed by atoms with Gasteiger partial charge < -0.3 is 15.1 Å². The third kappa shape index (κ3) is 4.27. The van der Waals surface area contributed by atoms with Crippen molar-refractivity contribution in [1.29, 1.82) is 0 Å². The van der Waals surface area contributed by atoms with Crippen LogP contribution in [0.25, 0.3) is 11.0 Å². The van der Waals surface area contributed by atoms with E-state index in [2.05, 4.69) is 10.6 Å². The number of amides is 2. The number of nitrogens with zero attached hydrogens (tertiary/aromatic N) is 1. The Balaban J connectivity index is 1.45. The average Bonchev–Trinajstić information content (AvgIpc) is 3.20. The highest BCUT2D eigenvalue weighted by Gasteiger charge is 2.14. The van der Waals surface area contributed by atoms with Crippen LogP contribution in [-0.2, 0) is 0 Å². The lowest BCUT2D eigenvalue weighted by Crippen LogP contribution is -2.14. The number of carbonyl (C=O) groups is 2. The van der Waals surface area contributed by atoms with Crippen molar-refractivity contribution < 1.29 is 18.9 Å². The molecule has 0 saturated carbocycles. The Morgan fingerprint density at radius 1 is 0.903 bits per heavy atom. The summed E-state index contributed by atoms with van der Waals surface area (Å²) in [4.78, 5) is 35.1. The molecule has 1 heterocycles. The van der Waals surface area contributed by atoms with E-state index in [0.717, 1.165) is 10.9 Å². The fourth-order valence-corrected chi connectivity index (χ4v) is 3.10. The lowest BCUT2D eigenvalue weighted by Gasteiger charge is -2.10. The van der Waals surface area contributed by atoms with Crippen LogP contribution in [0.5, 0.6) is 0 Å². The van der Waals surface area contributed by atoms with E-state index in [1.807, 2.05) is 18.2 Å². The van der Waals surface area contributed by atoms with E-state index in [9.17, 15) is 19.7 Å². The molecule has 0 aliphatic heterocycles. The minimum absolute atomic E-state index is 0.0862. The molecule has 0 fully saturated rings. The molecule has 4 rings (SSSR count). The molecule has 154 valence electrons. The van der Waals surface area contributed by atoms with Crippen LogP contribution in [0.15, 0.2) is 77.2 Å². The molecule has 8 heteroatoms. The van der Waals surface area contributed by atoms with Crippen molar-refractivity contribution in [2.24, 2.45) is 0 Å². The topological polar surface area (TPSA) is 114 Å². The van der Waals surface area contributed by atoms with Gasteiger partial charge in [-0.1, -0.05) is 18.2 Å². The molecule has 8 nitrogen and oxygen atoms in total. The van der Waals surface area contributed by atoms with Gasteiger partial charge in [-0.3, -0.25) is 19.7 Å². The van der Waals surface area contributed by atoms with Crippen LogP contribution >= 0.6 is 0 Å². The number of hydrogen-bond donors (Lipinski definition) is 2. The Morgan fingerprint density at radius 2 is 1.65 bits per heavy atom. The Hall–Kier alpha value is -4.46. The summed E-state index contributed by atoms with van der Waals surface area (Å²) in [6.45, 7) is 1.80. The number of nitro groups is 1. The van der Waals surface area contributed by atoms with E-state index in [1.165, 1.54) is 24.3 Å². The van der Waals surface area contributed by atoms with Gasteiger partial charge in [0.1, 0.15) is 5.58 Å². The van der Waals surface area contributed by atoms with Crippen molar-refractivity contribution in [2.75, 3.05) is 10.6 Å². The van der Waals surface area contributed by atoms with Crippen molar-refractivity contribution in [2.45, 2.75) is 6.92 Å². The maximum atomic E-state index is 12.5. The summed E-state index contributed by atoms with van der Waals surface area (Å²) >= 11 is 0. The first-order chi connectivity index (χ1) is 14.9. The largest absolute Gasteiger partial charge is 0.451 e. The molecule has 1 aromatic heterocycles. The zero-order chi connectivity index (χ0) is 22.0. The molecule has 0 aliphatic rings. The first kappa shape index (κ1) is 19.8. The van der Waals surface area contributed by atoms with Crippen LogP contribution in [0, 0.1) is 17.0 Å². The van der Waals surface area contributed by atoms with Crippen molar-refractivity contribution in [3.63, 3.8) is 0 Å². The van der Waals surface area contributed by atoms with Crippen LogP contribution in [-0.4, -0.2) is 16.7 Å². The number of furan rings is 1. The monoisotopic (exact) mass is 415 g/mol. The quantitative estimate of drug-likeness (QED) is 0.345. The Bertz CT molecular complexity index is 1280. The maximum absolute atomic E-state index is 12.5. The first-order valence-electron chi connectivity index (χ1n) is 9.37. The zero-order valence-corrected chi connectivity index (χ0v) is 16.4. The van der Waals surface area contributed by atoms with Crippen molar-refractivity contribution in [1.82, 2.24) is 0 Å². The number of rotatable bonds is 5. The van der Waals surface area contributed by atoms with Gasteiger partial charge in [-0.15, -0.1) is 0 Å². The summed E-state index contributed by atoms with van der Waals surface area (Å²) in [5, 5.41) is 17.1. The summed E-state index contributed by atoms with van der Waals surface area (Å²) in [7, 11) is 0. The summed E-state index contributed by atoms with van der Waals surface area (Å²) in [6.07, 6.45) is 0. The molecular weight excluding hydrogens is 398 g/mol. The van der Waals surface area contributed by atoms with Gasteiger partial charge in [0.05, 0.1) is 4.92 Å². The van der Waals surface area contributed by atoms with E-state index >= 15 is 0 Å². The summed E-state index contributed by atoms with van der Waals surface area (Å²) in [6, 6.07) is 19.4. The molecule has 0 atom stereocenters. The number of carbonyl (C=O) groups excluding carboxylic acids is 2. The number of nitro benzene ring substituents is 1. The van der Waals surface area contributed by atoms with E-state index in [4.69, 9.17) is 4.42 Å². The minimum Gasteiger partial charge on any atom is -0.451 e. The number of fused-ring (bicyclic) bond motifs is 1. The fraction of sp³-hybridized carbons (Fsp3) is 0.0435. The van der Waals surface area contributed by atoms with Crippen molar-refractivity contribution >= 4 is 39.8 Å². The number of para-hydroxylation sites is 1. The SMILES string of the molecule is Cc1cc(NC(=O)c2ccc([N+](=O)[O-])cc2)ccc1NC(=O)c1cc2ccccc2o1. The van der Waals surface area contributed by atoms with E-state index in [1.54, 1.807) is 37.3 Å². The smallest absolute Gasteiger partial charge is 0.291 e. The zero-order valence-electron chi connectivity index (χ0n) is 16.4. The van der Waals surface area contributed by atoms with Gasteiger partial charge in [-0.2, -0.15) is 0 Å². The normalized spacial score (nSPS) is 10.6.